The van der Waals surface area contributed by atoms with Gasteiger partial charge in [-0.05, 0) is 31.0 Å². The average molecular weight is 230 g/mol. The Morgan fingerprint density at radius 1 is 1.40 bits per heavy atom. The zero-order valence-corrected chi connectivity index (χ0v) is 9.46. The molecule has 0 bridgehead atoms. The molecule has 0 saturated carbocycles. The van der Waals surface area contributed by atoms with Gasteiger partial charge >= 0.3 is 0 Å². The molecule has 0 aliphatic carbocycles. The predicted molar refractivity (Wildman–Crippen MR) is 62.4 cm³/mol. The molecule has 0 aromatic heterocycles. The number of benzene rings is 1. The van der Waals surface area contributed by atoms with Crippen molar-refractivity contribution >= 4 is 17.3 Å². The number of halogens is 1. The van der Waals surface area contributed by atoms with Crippen LogP contribution in [-0.2, 0) is 0 Å². The van der Waals surface area contributed by atoms with Gasteiger partial charge in [0.2, 0.25) is 0 Å². The molecule has 0 fully saturated rings. The van der Waals surface area contributed by atoms with Gasteiger partial charge in [0.05, 0.1) is 12.6 Å². The molecule has 1 unspecified atom stereocenters. The van der Waals surface area contributed by atoms with Gasteiger partial charge in [0, 0.05) is 17.3 Å². The molecule has 4 heteroatoms. The lowest BCUT2D eigenvalue weighted by molar-refractivity contribution is 0.229. The lowest BCUT2D eigenvalue weighted by Gasteiger charge is -2.16. The van der Waals surface area contributed by atoms with Gasteiger partial charge in [0.15, 0.2) is 0 Å². The van der Waals surface area contributed by atoms with Crippen molar-refractivity contribution in [1.29, 1.82) is 0 Å². The fraction of sp³-hybridized carbons (Fsp3) is 0.455. The fourth-order valence-corrected chi connectivity index (χ4v) is 1.46. The first kappa shape index (κ1) is 12.3. The van der Waals surface area contributed by atoms with E-state index in [0.717, 1.165) is 11.3 Å². The second-order valence-corrected chi connectivity index (χ2v) is 3.91. The third-order valence-corrected chi connectivity index (χ3v) is 2.65. The molecule has 3 N–H and O–H groups in total. The van der Waals surface area contributed by atoms with Crippen molar-refractivity contribution in [3.8, 4) is 0 Å². The zero-order chi connectivity index (χ0) is 11.3. The van der Waals surface area contributed by atoms with Crippen LogP contribution in [-0.4, -0.2) is 29.5 Å². The third kappa shape index (κ3) is 3.70. The standard InChI is InChI=1S/C11H16ClNO2/c1-8-2-3-9(6-11(8)12)13-10(7-15)4-5-14/h2-3,6,10,13-15H,4-5,7H2,1H3. The van der Waals surface area contributed by atoms with Crippen molar-refractivity contribution in [3.05, 3.63) is 28.8 Å². The first-order valence-electron chi connectivity index (χ1n) is 4.91. The van der Waals surface area contributed by atoms with Gasteiger partial charge in [-0.1, -0.05) is 17.7 Å². The predicted octanol–water partition coefficient (Wildman–Crippen LogP) is 1.80. The summed E-state index contributed by atoms with van der Waals surface area (Å²) in [5.41, 5.74) is 1.88. The number of anilines is 1. The molecule has 0 radical (unpaired) electrons. The van der Waals surface area contributed by atoms with Gasteiger partial charge in [-0.3, -0.25) is 0 Å². The Hall–Kier alpha value is -0.770. The van der Waals surface area contributed by atoms with Crippen LogP contribution in [0.1, 0.15) is 12.0 Å². The van der Waals surface area contributed by atoms with Gasteiger partial charge in [-0.2, -0.15) is 0 Å². The summed E-state index contributed by atoms with van der Waals surface area (Å²) in [4.78, 5) is 0. The molecule has 0 aliphatic rings. The largest absolute Gasteiger partial charge is 0.396 e. The Bertz CT molecular complexity index is 317. The quantitative estimate of drug-likeness (QED) is 0.722. The molecular formula is C11H16ClNO2. The van der Waals surface area contributed by atoms with Gasteiger partial charge < -0.3 is 15.5 Å². The minimum atomic E-state index is -0.131. The maximum absolute atomic E-state index is 9.04. The molecule has 0 saturated heterocycles. The van der Waals surface area contributed by atoms with E-state index >= 15 is 0 Å². The molecular weight excluding hydrogens is 214 g/mol. The summed E-state index contributed by atoms with van der Waals surface area (Å²) in [6.45, 7) is 1.98. The van der Waals surface area contributed by atoms with Crippen molar-refractivity contribution in [2.24, 2.45) is 0 Å². The van der Waals surface area contributed by atoms with Crippen molar-refractivity contribution in [1.82, 2.24) is 0 Å². The summed E-state index contributed by atoms with van der Waals surface area (Å²) < 4.78 is 0. The van der Waals surface area contributed by atoms with Gasteiger partial charge in [-0.15, -0.1) is 0 Å². The number of hydrogen-bond donors (Lipinski definition) is 3. The molecule has 0 heterocycles. The minimum absolute atomic E-state index is 0.00788. The summed E-state index contributed by atoms with van der Waals surface area (Å²) >= 11 is 5.97. The van der Waals surface area contributed by atoms with Crippen LogP contribution in [0.5, 0.6) is 0 Å². The molecule has 1 aromatic carbocycles. The van der Waals surface area contributed by atoms with Crippen molar-refractivity contribution in [3.63, 3.8) is 0 Å². The summed E-state index contributed by atoms with van der Waals surface area (Å²) in [7, 11) is 0. The lowest BCUT2D eigenvalue weighted by Crippen LogP contribution is -2.24. The number of aryl methyl sites for hydroxylation is 1. The van der Waals surface area contributed by atoms with E-state index in [0.29, 0.717) is 11.4 Å². The van der Waals surface area contributed by atoms with Crippen molar-refractivity contribution in [2.45, 2.75) is 19.4 Å². The van der Waals surface area contributed by atoms with Crippen LogP contribution in [0, 0.1) is 6.92 Å². The van der Waals surface area contributed by atoms with E-state index in [1.807, 2.05) is 25.1 Å². The van der Waals surface area contributed by atoms with Gasteiger partial charge in [-0.25, -0.2) is 0 Å². The summed E-state index contributed by atoms with van der Waals surface area (Å²) in [5.74, 6) is 0. The molecule has 1 atom stereocenters. The monoisotopic (exact) mass is 229 g/mol. The molecule has 0 spiro atoms. The van der Waals surface area contributed by atoms with E-state index in [2.05, 4.69) is 5.32 Å². The van der Waals surface area contributed by atoms with E-state index < -0.39 is 0 Å². The van der Waals surface area contributed by atoms with E-state index in [-0.39, 0.29) is 19.3 Å². The van der Waals surface area contributed by atoms with Crippen LogP contribution >= 0.6 is 11.6 Å². The van der Waals surface area contributed by atoms with E-state index in [9.17, 15) is 0 Å². The summed E-state index contributed by atoms with van der Waals surface area (Å²) in [6.07, 6.45) is 0.516. The van der Waals surface area contributed by atoms with Crippen LogP contribution in [0.25, 0.3) is 0 Å². The number of aliphatic hydroxyl groups excluding tert-OH is 2. The molecule has 1 rings (SSSR count). The van der Waals surface area contributed by atoms with Gasteiger partial charge in [0.1, 0.15) is 0 Å². The Morgan fingerprint density at radius 2 is 2.13 bits per heavy atom. The number of hydrogen-bond acceptors (Lipinski definition) is 3. The minimum Gasteiger partial charge on any atom is -0.396 e. The summed E-state index contributed by atoms with van der Waals surface area (Å²) in [6, 6.07) is 5.50. The van der Waals surface area contributed by atoms with E-state index in [1.54, 1.807) is 0 Å². The number of rotatable bonds is 5. The molecule has 84 valence electrons. The average Bonchev–Trinajstić information content (AvgIpc) is 2.23. The second kappa shape index (κ2) is 5.95. The Labute approximate surface area is 94.7 Å². The highest BCUT2D eigenvalue weighted by atomic mass is 35.5. The Balaban J connectivity index is 2.66. The summed E-state index contributed by atoms with van der Waals surface area (Å²) in [5, 5.41) is 21.6. The van der Waals surface area contributed by atoms with Crippen LogP contribution in [0.15, 0.2) is 18.2 Å². The zero-order valence-electron chi connectivity index (χ0n) is 8.70. The fourth-order valence-electron chi connectivity index (χ4n) is 1.28. The third-order valence-electron chi connectivity index (χ3n) is 2.24. The van der Waals surface area contributed by atoms with Crippen LogP contribution in [0.4, 0.5) is 5.69 Å². The second-order valence-electron chi connectivity index (χ2n) is 3.50. The van der Waals surface area contributed by atoms with Crippen LogP contribution in [0.2, 0.25) is 5.02 Å². The first-order chi connectivity index (χ1) is 7.17. The molecule has 3 nitrogen and oxygen atoms in total. The highest BCUT2D eigenvalue weighted by Gasteiger charge is 2.06. The maximum atomic E-state index is 9.04. The Kier molecular flexibility index (Phi) is 4.88. The first-order valence-corrected chi connectivity index (χ1v) is 5.29. The molecule has 0 amide bonds. The van der Waals surface area contributed by atoms with E-state index in [1.165, 1.54) is 0 Å². The number of aliphatic hydroxyl groups is 2. The van der Waals surface area contributed by atoms with Crippen molar-refractivity contribution < 1.29 is 10.2 Å². The smallest absolute Gasteiger partial charge is 0.0633 e. The van der Waals surface area contributed by atoms with Gasteiger partial charge in [0.25, 0.3) is 0 Å². The van der Waals surface area contributed by atoms with Crippen LogP contribution < -0.4 is 5.32 Å². The topological polar surface area (TPSA) is 52.5 Å². The molecule has 1 aromatic rings. The number of nitrogens with one attached hydrogen (secondary N) is 1. The SMILES string of the molecule is Cc1ccc(NC(CO)CCO)cc1Cl. The molecule has 0 aliphatic heterocycles. The lowest BCUT2D eigenvalue weighted by atomic mass is 10.2. The normalized spacial score (nSPS) is 12.5. The highest BCUT2D eigenvalue weighted by molar-refractivity contribution is 6.31. The Morgan fingerprint density at radius 3 is 2.67 bits per heavy atom. The highest BCUT2D eigenvalue weighted by Crippen LogP contribution is 2.20. The molecule has 15 heavy (non-hydrogen) atoms. The van der Waals surface area contributed by atoms with E-state index in [4.69, 9.17) is 21.8 Å². The maximum Gasteiger partial charge on any atom is 0.0633 e. The van der Waals surface area contributed by atoms with Crippen LogP contribution in [0.3, 0.4) is 0 Å². The van der Waals surface area contributed by atoms with Crippen molar-refractivity contribution in [2.75, 3.05) is 18.5 Å².